The van der Waals surface area contributed by atoms with E-state index in [0.717, 1.165) is 5.56 Å². The summed E-state index contributed by atoms with van der Waals surface area (Å²) in [4.78, 5) is -0.304. The van der Waals surface area contributed by atoms with Gasteiger partial charge in [0.1, 0.15) is 17.2 Å². The number of rotatable bonds is 10. The zero-order chi connectivity index (χ0) is 26.6. The van der Waals surface area contributed by atoms with Crippen LogP contribution in [0.5, 0.6) is 23.1 Å². The third-order valence-electron chi connectivity index (χ3n) is 5.50. The standard InChI is InChI=1S/C25H25N3O8S/c1-16(26-15-23(31)18-12-19(29)14-20(30)13-18)11-17-7-9-21(10-8-17)35-24-25(28(32)36-27-24)37(33,34)22-5-3-2-4-6-22/h2-10,12-14,16,23,26,29-31H,11,15H2,1H3/t16-,23-/m0/s1. The first-order valence-corrected chi connectivity index (χ1v) is 12.7. The second-order valence-corrected chi connectivity index (χ2v) is 10.3. The maximum atomic E-state index is 12.9. The smallest absolute Gasteiger partial charge is 0.420 e. The number of aromatic nitrogens is 2. The van der Waals surface area contributed by atoms with Crippen molar-refractivity contribution in [3.05, 3.63) is 89.1 Å². The van der Waals surface area contributed by atoms with E-state index >= 15 is 0 Å². The molecular formula is C25H25N3O8S. The number of ether oxygens (including phenoxy) is 1. The highest BCUT2D eigenvalue weighted by Crippen LogP contribution is 2.29. The van der Waals surface area contributed by atoms with Crippen LogP contribution in [0, 0.1) is 5.21 Å². The Morgan fingerprint density at radius 1 is 1.05 bits per heavy atom. The molecule has 0 bridgehead atoms. The maximum absolute atomic E-state index is 12.9. The summed E-state index contributed by atoms with van der Waals surface area (Å²) >= 11 is 0. The fourth-order valence-corrected chi connectivity index (χ4v) is 4.96. The summed E-state index contributed by atoms with van der Waals surface area (Å²) in [5.74, 6) is -0.495. The molecule has 11 nitrogen and oxygen atoms in total. The van der Waals surface area contributed by atoms with Crippen LogP contribution in [0.2, 0.25) is 0 Å². The molecule has 194 valence electrons. The predicted octanol–water partition coefficient (Wildman–Crippen LogP) is 2.60. The van der Waals surface area contributed by atoms with Gasteiger partial charge in [-0.15, -0.1) is 0 Å². The molecule has 4 N–H and O–H groups in total. The monoisotopic (exact) mass is 527 g/mol. The molecule has 0 unspecified atom stereocenters. The van der Waals surface area contributed by atoms with Crippen molar-refractivity contribution in [2.24, 2.45) is 0 Å². The SMILES string of the molecule is C[C@@H](Cc1ccc(Oc2no[n+]([O-])c2S(=O)(=O)c2ccccc2)cc1)NC[C@H](O)c1cc(O)cc(O)c1. The van der Waals surface area contributed by atoms with E-state index in [2.05, 4.69) is 15.1 Å². The summed E-state index contributed by atoms with van der Waals surface area (Å²) in [7, 11) is -4.23. The van der Waals surface area contributed by atoms with Crippen LogP contribution in [0.15, 0.2) is 87.3 Å². The van der Waals surface area contributed by atoms with Crippen molar-refractivity contribution in [1.29, 1.82) is 0 Å². The van der Waals surface area contributed by atoms with Crippen LogP contribution in [0.25, 0.3) is 0 Å². The average Bonchev–Trinajstić information content (AvgIpc) is 3.24. The van der Waals surface area contributed by atoms with Crippen molar-refractivity contribution in [2.45, 2.75) is 35.4 Å². The van der Waals surface area contributed by atoms with Gasteiger partial charge in [-0.2, -0.15) is 0 Å². The number of hydrogen-bond donors (Lipinski definition) is 4. The number of phenols is 2. The molecule has 0 radical (unpaired) electrons. The van der Waals surface area contributed by atoms with E-state index in [1.54, 1.807) is 30.3 Å². The lowest BCUT2D eigenvalue weighted by Gasteiger charge is -2.18. The molecule has 4 rings (SSSR count). The fourth-order valence-electron chi connectivity index (χ4n) is 3.69. The second kappa shape index (κ2) is 10.9. The molecule has 0 aliphatic heterocycles. The number of aliphatic hydroxyl groups is 1. The summed E-state index contributed by atoms with van der Waals surface area (Å²) in [5, 5.41) is 47.4. The van der Waals surface area contributed by atoms with Gasteiger partial charge in [0.2, 0.25) is 0 Å². The molecule has 37 heavy (non-hydrogen) atoms. The lowest BCUT2D eigenvalue weighted by atomic mass is 10.1. The van der Waals surface area contributed by atoms with Gasteiger partial charge in [0.25, 0.3) is 9.84 Å². The minimum atomic E-state index is -4.23. The Kier molecular flexibility index (Phi) is 7.62. The van der Waals surface area contributed by atoms with E-state index < -0.39 is 26.8 Å². The Balaban J connectivity index is 1.38. The number of hydrogen-bond acceptors (Lipinski definition) is 10. The number of aromatic hydroxyl groups is 2. The molecule has 3 aromatic carbocycles. The zero-order valence-corrected chi connectivity index (χ0v) is 20.5. The first-order valence-electron chi connectivity index (χ1n) is 11.2. The van der Waals surface area contributed by atoms with Crippen molar-refractivity contribution in [3.63, 3.8) is 0 Å². The number of nitrogens with one attached hydrogen (secondary N) is 1. The van der Waals surface area contributed by atoms with Crippen LogP contribution < -0.4 is 15.0 Å². The van der Waals surface area contributed by atoms with Gasteiger partial charge in [-0.1, -0.05) is 30.3 Å². The van der Waals surface area contributed by atoms with Crippen LogP contribution in [0.3, 0.4) is 0 Å². The highest BCUT2D eigenvalue weighted by molar-refractivity contribution is 7.91. The van der Waals surface area contributed by atoms with Crippen LogP contribution in [-0.4, -0.2) is 41.5 Å². The normalized spacial score (nSPS) is 13.2. The predicted molar refractivity (Wildman–Crippen MR) is 130 cm³/mol. The summed E-state index contributed by atoms with van der Waals surface area (Å²) < 4.78 is 35.8. The van der Waals surface area contributed by atoms with Gasteiger partial charge in [0, 0.05) is 18.7 Å². The highest BCUT2D eigenvalue weighted by atomic mass is 32.2. The van der Waals surface area contributed by atoms with E-state index in [1.807, 2.05) is 6.92 Å². The molecule has 1 heterocycles. The topological polar surface area (TPSA) is 169 Å². The van der Waals surface area contributed by atoms with E-state index in [-0.39, 0.29) is 39.6 Å². The first-order chi connectivity index (χ1) is 17.6. The highest BCUT2D eigenvalue weighted by Gasteiger charge is 2.36. The number of phenolic OH excluding ortho intramolecular Hbond substituents is 2. The van der Waals surface area contributed by atoms with Crippen molar-refractivity contribution in [1.82, 2.24) is 10.5 Å². The molecule has 0 fully saturated rings. The Hall–Kier alpha value is -4.13. The molecule has 0 saturated heterocycles. The fraction of sp³-hybridized carbons (Fsp3) is 0.200. The number of sulfone groups is 1. The molecule has 2 atom stereocenters. The van der Waals surface area contributed by atoms with Crippen LogP contribution in [0.4, 0.5) is 0 Å². The van der Waals surface area contributed by atoms with E-state index in [0.29, 0.717) is 12.0 Å². The minimum absolute atomic E-state index is 0.0371. The molecule has 0 amide bonds. The van der Waals surface area contributed by atoms with Crippen molar-refractivity contribution >= 4 is 9.84 Å². The molecule has 0 saturated carbocycles. The molecule has 0 aliphatic carbocycles. The largest absolute Gasteiger partial charge is 0.508 e. The van der Waals surface area contributed by atoms with Crippen molar-refractivity contribution < 1.29 is 38.0 Å². The molecule has 1 aromatic heterocycles. The Morgan fingerprint density at radius 2 is 1.70 bits per heavy atom. The third-order valence-corrected chi connectivity index (χ3v) is 7.23. The lowest BCUT2D eigenvalue weighted by Crippen LogP contribution is -2.32. The Bertz CT molecular complexity index is 1440. The molecule has 0 spiro atoms. The van der Waals surface area contributed by atoms with Gasteiger partial charge >= 0.3 is 10.9 Å². The van der Waals surface area contributed by atoms with Gasteiger partial charge in [-0.05, 0) is 65.8 Å². The van der Waals surface area contributed by atoms with E-state index in [9.17, 15) is 28.9 Å². The zero-order valence-electron chi connectivity index (χ0n) is 19.7. The quantitative estimate of drug-likeness (QED) is 0.225. The van der Waals surface area contributed by atoms with Gasteiger partial charge in [0.05, 0.1) is 16.2 Å². The van der Waals surface area contributed by atoms with Gasteiger partial charge < -0.3 is 30.6 Å². The Morgan fingerprint density at radius 3 is 2.35 bits per heavy atom. The summed E-state index contributed by atoms with van der Waals surface area (Å²) in [6, 6.07) is 18.1. The molecule has 12 heteroatoms. The third kappa shape index (κ3) is 6.17. The first kappa shape index (κ1) is 25.9. The number of nitrogens with zero attached hydrogens (tertiary/aromatic N) is 2. The molecule has 0 aliphatic rings. The number of aliphatic hydroxyl groups excluding tert-OH is 1. The van der Waals surface area contributed by atoms with Crippen LogP contribution >= 0.6 is 0 Å². The van der Waals surface area contributed by atoms with E-state index in [4.69, 9.17) is 4.74 Å². The lowest BCUT2D eigenvalue weighted by molar-refractivity contribution is -0.832. The number of benzene rings is 3. The van der Waals surface area contributed by atoms with Crippen molar-refractivity contribution in [2.75, 3.05) is 6.54 Å². The summed E-state index contributed by atoms with van der Waals surface area (Å²) in [6.07, 6.45) is -0.333. The van der Waals surface area contributed by atoms with Crippen LogP contribution in [0.1, 0.15) is 24.2 Å². The summed E-state index contributed by atoms with van der Waals surface area (Å²) in [6.45, 7) is 2.13. The van der Waals surface area contributed by atoms with Crippen LogP contribution in [-0.2, 0) is 16.3 Å². The van der Waals surface area contributed by atoms with Crippen molar-refractivity contribution in [3.8, 4) is 23.1 Å². The van der Waals surface area contributed by atoms with E-state index in [1.165, 1.54) is 42.5 Å². The van der Waals surface area contributed by atoms with Gasteiger partial charge in [0.15, 0.2) is 0 Å². The Labute approximate surface area is 212 Å². The maximum Gasteiger partial charge on any atom is 0.420 e. The van der Waals surface area contributed by atoms with Gasteiger partial charge in [-0.25, -0.2) is 8.42 Å². The second-order valence-electron chi connectivity index (χ2n) is 8.41. The average molecular weight is 528 g/mol. The molecular weight excluding hydrogens is 502 g/mol. The van der Waals surface area contributed by atoms with Gasteiger partial charge in [-0.3, -0.25) is 4.63 Å². The summed E-state index contributed by atoms with van der Waals surface area (Å²) in [5.41, 5.74) is 1.31. The molecule has 4 aromatic rings. The minimum Gasteiger partial charge on any atom is -0.508 e.